The van der Waals surface area contributed by atoms with Gasteiger partial charge in [-0.15, -0.1) is 0 Å². The van der Waals surface area contributed by atoms with Crippen LogP contribution in [0.15, 0.2) is 103 Å². The number of carboxylic acid groups (broad SMARTS) is 1. The molecular formula is C36H23N3O4. The number of hydrogen-bond donors (Lipinski definition) is 1. The number of aryl methyl sites for hydroxylation is 1. The molecule has 1 aliphatic rings. The zero-order chi connectivity index (χ0) is 29.8. The maximum Gasteiger partial charge on any atom is 0.346 e. The molecule has 2 heterocycles. The number of benzene rings is 5. The molecule has 7 heteroatoms. The van der Waals surface area contributed by atoms with Gasteiger partial charge in [0.25, 0.3) is 11.8 Å². The molecule has 0 aliphatic carbocycles. The second-order valence-electron chi connectivity index (χ2n) is 10.4. The third-order valence-electron chi connectivity index (χ3n) is 8.12. The molecule has 0 saturated carbocycles. The molecule has 0 saturated heterocycles. The van der Waals surface area contributed by atoms with E-state index < -0.39 is 5.97 Å². The van der Waals surface area contributed by atoms with Crippen molar-refractivity contribution in [1.82, 2.24) is 4.57 Å². The van der Waals surface area contributed by atoms with E-state index in [4.69, 9.17) is 10.4 Å². The van der Waals surface area contributed by atoms with Crippen LogP contribution in [0.2, 0.25) is 0 Å². The van der Waals surface area contributed by atoms with E-state index in [2.05, 4.69) is 23.6 Å². The van der Waals surface area contributed by atoms with Crippen LogP contribution in [-0.4, -0.2) is 27.5 Å². The minimum atomic E-state index is -1.29. The normalized spacial score (nSPS) is 13.2. The van der Waals surface area contributed by atoms with Crippen LogP contribution in [0.4, 0.5) is 5.69 Å². The molecule has 43 heavy (non-hydrogen) atoms. The van der Waals surface area contributed by atoms with Crippen LogP contribution in [-0.2, 0) is 11.3 Å². The number of carbonyl (C=O) groups excluding carboxylic acids is 2. The lowest BCUT2D eigenvalue weighted by Crippen LogP contribution is -2.40. The van der Waals surface area contributed by atoms with Gasteiger partial charge in [0.05, 0.1) is 5.69 Å². The van der Waals surface area contributed by atoms with Gasteiger partial charge in [-0.1, -0.05) is 60.7 Å². The van der Waals surface area contributed by atoms with Gasteiger partial charge in [0.2, 0.25) is 0 Å². The highest BCUT2D eigenvalue weighted by Crippen LogP contribution is 2.39. The van der Waals surface area contributed by atoms with E-state index >= 15 is 0 Å². The summed E-state index contributed by atoms with van der Waals surface area (Å²) in [5, 5.41) is 21.6. The Morgan fingerprint density at radius 1 is 0.791 bits per heavy atom. The number of anilines is 1. The number of carboxylic acids is 1. The van der Waals surface area contributed by atoms with Gasteiger partial charge in [0, 0.05) is 44.9 Å². The van der Waals surface area contributed by atoms with Crippen molar-refractivity contribution in [3.63, 3.8) is 0 Å². The first-order valence-corrected chi connectivity index (χ1v) is 13.8. The highest BCUT2D eigenvalue weighted by atomic mass is 16.4. The second-order valence-corrected chi connectivity index (χ2v) is 10.4. The van der Waals surface area contributed by atoms with Crippen LogP contribution in [0.25, 0.3) is 49.8 Å². The lowest BCUT2D eigenvalue weighted by molar-refractivity contribution is -0.132. The van der Waals surface area contributed by atoms with Crippen molar-refractivity contribution in [2.24, 2.45) is 0 Å². The average molecular weight is 562 g/mol. The van der Waals surface area contributed by atoms with Crippen LogP contribution in [0.5, 0.6) is 0 Å². The number of aromatic nitrogens is 1. The van der Waals surface area contributed by atoms with E-state index in [0.717, 1.165) is 44.9 Å². The summed E-state index contributed by atoms with van der Waals surface area (Å²) in [4.78, 5) is 40.4. The molecule has 7 nitrogen and oxygen atoms in total. The number of carbonyl (C=O) groups is 3. The second kappa shape index (κ2) is 9.82. The van der Waals surface area contributed by atoms with Crippen molar-refractivity contribution in [3.8, 4) is 17.2 Å². The molecule has 0 bridgehead atoms. The number of imide groups is 1. The third-order valence-corrected chi connectivity index (χ3v) is 8.12. The van der Waals surface area contributed by atoms with E-state index in [1.165, 1.54) is 11.0 Å². The average Bonchev–Trinajstić information content (AvgIpc) is 3.35. The van der Waals surface area contributed by atoms with Gasteiger partial charge in [0.15, 0.2) is 0 Å². The molecule has 6 aromatic rings. The number of nitrogens with zero attached hydrogens (tertiary/aromatic N) is 3. The van der Waals surface area contributed by atoms with Crippen LogP contribution in [0.1, 0.15) is 33.2 Å². The molecule has 1 N–H and O–H groups in total. The topological polar surface area (TPSA) is 103 Å². The lowest BCUT2D eigenvalue weighted by Gasteiger charge is -2.28. The van der Waals surface area contributed by atoms with E-state index in [1.807, 2.05) is 60.7 Å². The first-order valence-electron chi connectivity index (χ1n) is 13.8. The quantitative estimate of drug-likeness (QED) is 0.134. The number of aliphatic carboxylic acids is 1. The van der Waals surface area contributed by atoms with Crippen molar-refractivity contribution in [3.05, 3.63) is 119 Å². The summed E-state index contributed by atoms with van der Waals surface area (Å²) in [7, 11) is 0. The van der Waals surface area contributed by atoms with Gasteiger partial charge in [-0.05, 0) is 71.5 Å². The molecule has 5 aromatic carbocycles. The van der Waals surface area contributed by atoms with Crippen molar-refractivity contribution < 1.29 is 19.5 Å². The van der Waals surface area contributed by atoms with Gasteiger partial charge in [-0.3, -0.25) is 9.59 Å². The molecular weight excluding hydrogens is 538 g/mol. The predicted octanol–water partition coefficient (Wildman–Crippen LogP) is 7.43. The zero-order valence-corrected chi connectivity index (χ0v) is 23.0. The maximum atomic E-state index is 14.0. The summed E-state index contributed by atoms with van der Waals surface area (Å²) >= 11 is 0. The van der Waals surface area contributed by atoms with Gasteiger partial charge in [0.1, 0.15) is 11.6 Å². The Morgan fingerprint density at radius 3 is 2.19 bits per heavy atom. The SMILES string of the molecule is CCn1c2ccccc2c2cc(N3C(=O)c4cccc5c(-c6ccc(/C=C(\C#N)C(=O)O)cc6)ccc(c45)C3=O)ccc21. The van der Waals surface area contributed by atoms with Gasteiger partial charge in [-0.2, -0.15) is 5.26 Å². The summed E-state index contributed by atoms with van der Waals surface area (Å²) < 4.78 is 2.23. The number of fused-ring (bicyclic) bond motifs is 3. The fraction of sp³-hybridized carbons (Fsp3) is 0.0556. The molecule has 1 aliphatic heterocycles. The minimum Gasteiger partial charge on any atom is -0.477 e. The summed E-state index contributed by atoms with van der Waals surface area (Å²) in [6.45, 7) is 2.89. The van der Waals surface area contributed by atoms with Crippen molar-refractivity contribution in [2.75, 3.05) is 4.90 Å². The first-order chi connectivity index (χ1) is 20.9. The van der Waals surface area contributed by atoms with E-state index in [-0.39, 0.29) is 17.4 Å². The van der Waals surface area contributed by atoms with Crippen LogP contribution in [0, 0.1) is 11.3 Å². The Bertz CT molecular complexity index is 2230. The third kappa shape index (κ3) is 3.92. The Labute approximate surface area is 246 Å². The summed E-state index contributed by atoms with van der Waals surface area (Å²) in [5.74, 6) is -2.04. The molecule has 0 radical (unpaired) electrons. The lowest BCUT2D eigenvalue weighted by atomic mass is 9.88. The minimum absolute atomic E-state index is 0.355. The van der Waals surface area contributed by atoms with E-state index in [1.54, 1.807) is 30.3 Å². The Kier molecular flexibility index (Phi) is 5.93. The van der Waals surface area contributed by atoms with E-state index in [9.17, 15) is 14.4 Å². The molecule has 0 unspecified atom stereocenters. The van der Waals surface area contributed by atoms with Crippen LogP contribution in [0.3, 0.4) is 0 Å². The van der Waals surface area contributed by atoms with E-state index in [0.29, 0.717) is 27.8 Å². The number of para-hydroxylation sites is 1. The molecule has 206 valence electrons. The molecule has 7 rings (SSSR count). The number of nitriles is 1. The predicted molar refractivity (Wildman–Crippen MR) is 167 cm³/mol. The molecule has 0 atom stereocenters. The van der Waals surface area contributed by atoms with Crippen molar-refractivity contribution >= 4 is 62.1 Å². The van der Waals surface area contributed by atoms with Crippen LogP contribution < -0.4 is 4.90 Å². The highest BCUT2D eigenvalue weighted by Gasteiger charge is 2.35. The molecule has 2 amide bonds. The molecule has 1 aromatic heterocycles. The Hall–Kier alpha value is -6.00. The first kappa shape index (κ1) is 25.9. The number of rotatable bonds is 5. The summed E-state index contributed by atoms with van der Waals surface area (Å²) in [5.41, 5.74) is 5.45. The smallest absolute Gasteiger partial charge is 0.346 e. The van der Waals surface area contributed by atoms with Gasteiger partial charge in [-0.25, -0.2) is 9.69 Å². The largest absolute Gasteiger partial charge is 0.477 e. The highest BCUT2D eigenvalue weighted by molar-refractivity contribution is 6.36. The monoisotopic (exact) mass is 561 g/mol. The Morgan fingerprint density at radius 2 is 1.47 bits per heavy atom. The number of amides is 2. The fourth-order valence-electron chi connectivity index (χ4n) is 6.17. The standard InChI is InChI=1S/C36H23N3O4/c1-2-38-31-9-4-3-6-26(31)30-19-24(14-17-32(30)38)39-34(40)28-8-5-7-27-25(15-16-29(33(27)28)35(39)41)22-12-10-21(11-13-22)18-23(20-37)36(42)43/h3-19H,2H2,1H3,(H,42,43)/b23-18+. The maximum absolute atomic E-state index is 14.0. The van der Waals surface area contributed by atoms with Crippen molar-refractivity contribution in [2.45, 2.75) is 13.5 Å². The molecule has 0 fully saturated rings. The zero-order valence-electron chi connectivity index (χ0n) is 23.0. The van der Waals surface area contributed by atoms with Crippen molar-refractivity contribution in [1.29, 1.82) is 5.26 Å². The van der Waals surface area contributed by atoms with Crippen LogP contribution >= 0.6 is 0 Å². The van der Waals surface area contributed by atoms with Gasteiger partial charge < -0.3 is 9.67 Å². The fourth-order valence-corrected chi connectivity index (χ4v) is 6.17. The molecule has 0 spiro atoms. The van der Waals surface area contributed by atoms with Gasteiger partial charge >= 0.3 is 5.97 Å². The number of hydrogen-bond acceptors (Lipinski definition) is 4. The Balaban J connectivity index is 1.32. The summed E-state index contributed by atoms with van der Waals surface area (Å²) in [6.07, 6.45) is 1.31. The summed E-state index contributed by atoms with van der Waals surface area (Å²) in [6, 6.07) is 31.8.